The summed E-state index contributed by atoms with van der Waals surface area (Å²) in [5, 5.41) is 3.10. The van der Waals surface area contributed by atoms with E-state index in [1.54, 1.807) is 6.92 Å². The van der Waals surface area contributed by atoms with Gasteiger partial charge < -0.3 is 5.32 Å². The monoisotopic (exact) mass is 257 g/mol. The van der Waals surface area contributed by atoms with Crippen LogP contribution >= 0.6 is 0 Å². The molecule has 0 heterocycles. The lowest BCUT2D eigenvalue weighted by Gasteiger charge is -2.28. The second-order valence-corrected chi connectivity index (χ2v) is 5.10. The molecule has 0 spiro atoms. The summed E-state index contributed by atoms with van der Waals surface area (Å²) in [6.07, 6.45) is -2.14. The quantitative estimate of drug-likeness (QED) is 0.874. The van der Waals surface area contributed by atoms with Gasteiger partial charge in [0.2, 0.25) is 0 Å². The first-order chi connectivity index (χ1) is 8.44. The molecule has 1 aliphatic carbocycles. The van der Waals surface area contributed by atoms with E-state index < -0.39 is 18.6 Å². The van der Waals surface area contributed by atoms with E-state index in [-0.39, 0.29) is 6.04 Å². The topological polar surface area (TPSA) is 12.0 Å². The Balaban J connectivity index is 1.90. The van der Waals surface area contributed by atoms with Crippen molar-refractivity contribution >= 4 is 0 Å². The Bertz CT molecular complexity index is 400. The molecular weight excluding hydrogens is 239 g/mol. The number of aryl methyl sites for hydroxylation is 1. The van der Waals surface area contributed by atoms with Gasteiger partial charge >= 0.3 is 6.18 Å². The van der Waals surface area contributed by atoms with Gasteiger partial charge in [-0.05, 0) is 37.3 Å². The summed E-state index contributed by atoms with van der Waals surface area (Å²) in [6.45, 7) is 1.61. The van der Waals surface area contributed by atoms with Crippen LogP contribution in [-0.4, -0.2) is 18.3 Å². The Morgan fingerprint density at radius 2 is 1.94 bits per heavy atom. The number of fused-ring (bicyclic) bond motifs is 1. The zero-order valence-electron chi connectivity index (χ0n) is 10.4. The van der Waals surface area contributed by atoms with E-state index in [0.717, 1.165) is 19.3 Å². The Morgan fingerprint density at radius 3 is 2.61 bits per heavy atom. The molecule has 4 heteroatoms. The van der Waals surface area contributed by atoms with Gasteiger partial charge in [-0.1, -0.05) is 24.3 Å². The van der Waals surface area contributed by atoms with E-state index in [1.807, 2.05) is 12.1 Å². The third kappa shape index (κ3) is 3.73. The lowest BCUT2D eigenvalue weighted by atomic mass is 9.88. The first kappa shape index (κ1) is 13.4. The molecule has 100 valence electrons. The van der Waals surface area contributed by atoms with Crippen molar-refractivity contribution in [3.63, 3.8) is 0 Å². The smallest absolute Gasteiger partial charge is 0.311 e. The first-order valence-corrected chi connectivity index (χ1v) is 6.33. The summed E-state index contributed by atoms with van der Waals surface area (Å²) < 4.78 is 36.8. The highest BCUT2D eigenvalue weighted by Crippen LogP contribution is 2.24. The molecule has 18 heavy (non-hydrogen) atoms. The predicted molar refractivity (Wildman–Crippen MR) is 65.5 cm³/mol. The molecule has 0 aromatic heterocycles. The Labute approximate surface area is 105 Å². The molecule has 0 radical (unpaired) electrons. The second kappa shape index (κ2) is 5.31. The molecule has 1 aromatic carbocycles. The van der Waals surface area contributed by atoms with Crippen LogP contribution in [0.1, 0.15) is 30.9 Å². The summed E-state index contributed by atoms with van der Waals surface area (Å²) in [6, 6.07) is 7.82. The van der Waals surface area contributed by atoms with Crippen molar-refractivity contribution in [2.45, 2.75) is 50.9 Å². The van der Waals surface area contributed by atoms with Crippen LogP contribution in [0, 0.1) is 0 Å². The molecule has 0 fully saturated rings. The van der Waals surface area contributed by atoms with Gasteiger partial charge in [-0.3, -0.25) is 0 Å². The zero-order valence-corrected chi connectivity index (χ0v) is 10.4. The lowest BCUT2D eigenvalue weighted by molar-refractivity contribution is -0.139. The van der Waals surface area contributed by atoms with Gasteiger partial charge in [0.25, 0.3) is 0 Å². The molecule has 0 amide bonds. The van der Waals surface area contributed by atoms with Crippen LogP contribution in [0.4, 0.5) is 13.2 Å². The summed E-state index contributed by atoms with van der Waals surface area (Å²) >= 11 is 0. The van der Waals surface area contributed by atoms with Crippen LogP contribution in [0.3, 0.4) is 0 Å². The molecule has 0 bridgehead atoms. The highest BCUT2D eigenvalue weighted by atomic mass is 19.4. The van der Waals surface area contributed by atoms with Crippen LogP contribution in [0.25, 0.3) is 0 Å². The highest BCUT2D eigenvalue weighted by Gasteiger charge is 2.31. The fraction of sp³-hybridized carbons (Fsp3) is 0.571. The van der Waals surface area contributed by atoms with Gasteiger partial charge in [0.15, 0.2) is 0 Å². The molecule has 1 aliphatic rings. The van der Waals surface area contributed by atoms with Crippen LogP contribution in [-0.2, 0) is 12.8 Å². The number of hydrogen-bond donors (Lipinski definition) is 1. The van der Waals surface area contributed by atoms with Crippen molar-refractivity contribution in [1.29, 1.82) is 0 Å². The van der Waals surface area contributed by atoms with Gasteiger partial charge in [0.05, 0.1) is 6.42 Å². The van der Waals surface area contributed by atoms with E-state index in [0.29, 0.717) is 0 Å². The van der Waals surface area contributed by atoms with Gasteiger partial charge in [0, 0.05) is 12.1 Å². The molecule has 2 atom stereocenters. The van der Waals surface area contributed by atoms with E-state index in [2.05, 4.69) is 17.4 Å². The Hall–Kier alpha value is -1.03. The van der Waals surface area contributed by atoms with Crippen LogP contribution in [0.15, 0.2) is 24.3 Å². The molecular formula is C14H18F3N. The van der Waals surface area contributed by atoms with E-state index >= 15 is 0 Å². The number of hydrogen-bond acceptors (Lipinski definition) is 1. The van der Waals surface area contributed by atoms with Crippen molar-refractivity contribution in [2.24, 2.45) is 0 Å². The molecule has 2 rings (SSSR count). The molecule has 1 aromatic rings. The van der Waals surface area contributed by atoms with Crippen LogP contribution in [0.2, 0.25) is 0 Å². The van der Waals surface area contributed by atoms with Crippen molar-refractivity contribution in [3.05, 3.63) is 35.4 Å². The maximum absolute atomic E-state index is 12.3. The standard InChI is InChI=1S/C14H18F3N/c1-10(9-14(15,16)17)18-13-7-6-11-4-2-3-5-12(11)8-13/h2-5,10,13,18H,6-9H2,1H3. The third-order valence-corrected chi connectivity index (χ3v) is 3.40. The fourth-order valence-corrected chi connectivity index (χ4v) is 2.65. The Kier molecular flexibility index (Phi) is 3.95. The Morgan fingerprint density at radius 1 is 1.28 bits per heavy atom. The van der Waals surface area contributed by atoms with Gasteiger partial charge in [-0.25, -0.2) is 0 Å². The summed E-state index contributed by atoms with van der Waals surface area (Å²) in [4.78, 5) is 0. The third-order valence-electron chi connectivity index (χ3n) is 3.40. The normalized spacial score (nSPS) is 21.4. The molecule has 0 saturated heterocycles. The lowest BCUT2D eigenvalue weighted by Crippen LogP contribution is -2.42. The van der Waals surface area contributed by atoms with Gasteiger partial charge in [-0.15, -0.1) is 0 Å². The maximum atomic E-state index is 12.3. The highest BCUT2D eigenvalue weighted by molar-refractivity contribution is 5.30. The fourth-order valence-electron chi connectivity index (χ4n) is 2.65. The summed E-state index contributed by atoms with van der Waals surface area (Å²) in [7, 11) is 0. The van der Waals surface area contributed by atoms with Crippen molar-refractivity contribution in [2.75, 3.05) is 0 Å². The van der Waals surface area contributed by atoms with Gasteiger partial charge in [0.1, 0.15) is 0 Å². The minimum atomic E-state index is -4.08. The van der Waals surface area contributed by atoms with Crippen molar-refractivity contribution in [3.8, 4) is 0 Å². The van der Waals surface area contributed by atoms with Crippen LogP contribution in [0.5, 0.6) is 0 Å². The predicted octanol–water partition coefficient (Wildman–Crippen LogP) is 3.47. The van der Waals surface area contributed by atoms with E-state index in [1.165, 1.54) is 11.1 Å². The first-order valence-electron chi connectivity index (χ1n) is 6.33. The average Bonchev–Trinajstić information content (AvgIpc) is 2.26. The molecule has 0 aliphatic heterocycles. The second-order valence-electron chi connectivity index (χ2n) is 5.10. The summed E-state index contributed by atoms with van der Waals surface area (Å²) in [5.74, 6) is 0. The molecule has 2 unspecified atom stereocenters. The number of halogens is 3. The number of rotatable bonds is 3. The number of alkyl halides is 3. The minimum absolute atomic E-state index is 0.164. The summed E-state index contributed by atoms with van der Waals surface area (Å²) in [5.41, 5.74) is 2.60. The number of benzene rings is 1. The van der Waals surface area contributed by atoms with Crippen molar-refractivity contribution < 1.29 is 13.2 Å². The van der Waals surface area contributed by atoms with Gasteiger partial charge in [-0.2, -0.15) is 13.2 Å². The van der Waals surface area contributed by atoms with E-state index in [9.17, 15) is 13.2 Å². The molecule has 1 N–H and O–H groups in total. The van der Waals surface area contributed by atoms with Crippen molar-refractivity contribution in [1.82, 2.24) is 5.32 Å². The number of nitrogens with one attached hydrogen (secondary N) is 1. The minimum Gasteiger partial charge on any atom is -0.311 e. The largest absolute Gasteiger partial charge is 0.390 e. The van der Waals surface area contributed by atoms with E-state index in [4.69, 9.17) is 0 Å². The molecule has 1 nitrogen and oxygen atoms in total. The average molecular weight is 257 g/mol. The van der Waals surface area contributed by atoms with Crippen LogP contribution < -0.4 is 5.32 Å². The maximum Gasteiger partial charge on any atom is 0.390 e. The zero-order chi connectivity index (χ0) is 13.2. The SMILES string of the molecule is CC(CC(F)(F)F)NC1CCc2ccccc2C1. The molecule has 0 saturated carbocycles.